The van der Waals surface area contributed by atoms with Gasteiger partial charge < -0.3 is 18.6 Å². The quantitative estimate of drug-likeness (QED) is 0.476. The Morgan fingerprint density at radius 3 is 2.66 bits per heavy atom. The maximum atomic E-state index is 12.1. The molecule has 3 heterocycles. The predicted octanol–water partition coefficient (Wildman–Crippen LogP) is 2.47. The zero-order valence-corrected chi connectivity index (χ0v) is 19.1. The number of carbonyl (C=O) groups excluding carboxylic acids is 1. The van der Waals surface area contributed by atoms with Crippen LogP contribution in [0.15, 0.2) is 21.3 Å². The summed E-state index contributed by atoms with van der Waals surface area (Å²) < 4.78 is 22.5. The van der Waals surface area contributed by atoms with E-state index in [2.05, 4.69) is 9.80 Å². The highest BCUT2D eigenvalue weighted by Gasteiger charge is 2.26. The van der Waals surface area contributed by atoms with Crippen LogP contribution in [-0.4, -0.2) is 68.0 Å². The smallest absolute Gasteiger partial charge is 0.336 e. The molecule has 2 aliphatic heterocycles. The molecule has 1 aromatic carbocycles. The third-order valence-corrected chi connectivity index (χ3v) is 5.94. The van der Waals surface area contributed by atoms with Crippen molar-refractivity contribution in [3.8, 4) is 5.75 Å². The van der Waals surface area contributed by atoms with Crippen LogP contribution < -0.4 is 10.4 Å². The van der Waals surface area contributed by atoms with E-state index in [0.29, 0.717) is 25.3 Å². The Bertz CT molecular complexity index is 1030. The van der Waals surface area contributed by atoms with Crippen molar-refractivity contribution in [3.63, 3.8) is 0 Å². The fraction of sp³-hybridized carbons (Fsp3) is 0.583. The summed E-state index contributed by atoms with van der Waals surface area (Å²) >= 11 is 0. The van der Waals surface area contributed by atoms with Gasteiger partial charge in [-0.15, -0.1) is 0 Å². The first kappa shape index (κ1) is 22.8. The van der Waals surface area contributed by atoms with Crippen molar-refractivity contribution in [2.45, 2.75) is 46.3 Å². The second-order valence-corrected chi connectivity index (χ2v) is 8.79. The molecular weight excluding hydrogens is 412 g/mol. The van der Waals surface area contributed by atoms with Gasteiger partial charge in [0.25, 0.3) is 0 Å². The van der Waals surface area contributed by atoms with E-state index >= 15 is 0 Å². The molecule has 1 fully saturated rings. The van der Waals surface area contributed by atoms with Crippen molar-refractivity contribution in [3.05, 3.63) is 39.2 Å². The average molecular weight is 445 g/mol. The normalized spacial score (nSPS) is 17.4. The van der Waals surface area contributed by atoms with Crippen LogP contribution in [0, 0.1) is 6.92 Å². The molecule has 8 heteroatoms. The number of aryl methyl sites for hydroxylation is 2. The van der Waals surface area contributed by atoms with Gasteiger partial charge in [0.15, 0.2) is 0 Å². The van der Waals surface area contributed by atoms with Gasteiger partial charge in [0.2, 0.25) is 0 Å². The maximum absolute atomic E-state index is 12.1. The molecule has 174 valence electrons. The zero-order chi connectivity index (χ0) is 22.7. The van der Waals surface area contributed by atoms with Crippen molar-refractivity contribution < 1.29 is 23.4 Å². The summed E-state index contributed by atoms with van der Waals surface area (Å²) in [6.45, 7) is 11.9. The van der Waals surface area contributed by atoms with Crippen LogP contribution in [0.25, 0.3) is 11.0 Å². The van der Waals surface area contributed by atoms with E-state index < -0.39 is 0 Å². The average Bonchev–Trinajstić information content (AvgIpc) is 2.76. The molecule has 8 nitrogen and oxygen atoms in total. The predicted molar refractivity (Wildman–Crippen MR) is 120 cm³/mol. The summed E-state index contributed by atoms with van der Waals surface area (Å²) in [6.07, 6.45) is 0.646. The standard InChI is InChI=1S/C24H32N2O6/c1-16(2)31-21(27)5-4-18-13-19-17(3)12-22(28)32-24(19)20-14-26(15-30-23(18)20)7-6-25-8-10-29-11-9-25/h12-13,16H,4-11,14-15H2,1-3H3. The number of benzene rings is 1. The maximum Gasteiger partial charge on any atom is 0.336 e. The third-order valence-electron chi connectivity index (χ3n) is 5.94. The lowest BCUT2D eigenvalue weighted by Crippen LogP contribution is -2.43. The van der Waals surface area contributed by atoms with Gasteiger partial charge in [-0.25, -0.2) is 4.79 Å². The highest BCUT2D eigenvalue weighted by Crippen LogP contribution is 2.37. The van der Waals surface area contributed by atoms with E-state index in [-0.39, 0.29) is 24.1 Å². The van der Waals surface area contributed by atoms with Crippen LogP contribution in [0.2, 0.25) is 0 Å². The molecule has 0 bridgehead atoms. The third kappa shape index (κ3) is 5.31. The first-order chi connectivity index (χ1) is 15.4. The van der Waals surface area contributed by atoms with Gasteiger partial charge in [-0.1, -0.05) is 0 Å². The first-order valence-electron chi connectivity index (χ1n) is 11.3. The lowest BCUT2D eigenvalue weighted by atomic mass is 9.97. The molecule has 0 unspecified atom stereocenters. The Balaban J connectivity index is 1.58. The molecule has 2 aromatic rings. The number of esters is 1. The minimum absolute atomic E-state index is 0.138. The highest BCUT2D eigenvalue weighted by atomic mass is 16.5. The molecular formula is C24H32N2O6. The number of hydrogen-bond donors (Lipinski definition) is 0. The lowest BCUT2D eigenvalue weighted by molar-refractivity contribution is -0.147. The van der Waals surface area contributed by atoms with Crippen LogP contribution in [0.1, 0.15) is 37.0 Å². The van der Waals surface area contributed by atoms with E-state index in [1.165, 1.54) is 6.07 Å². The van der Waals surface area contributed by atoms with Crippen molar-refractivity contribution in [2.75, 3.05) is 46.1 Å². The molecule has 4 rings (SSSR count). The van der Waals surface area contributed by atoms with Crippen molar-refractivity contribution in [2.24, 2.45) is 0 Å². The van der Waals surface area contributed by atoms with Gasteiger partial charge in [-0.05, 0) is 44.4 Å². The number of rotatable bonds is 7. The van der Waals surface area contributed by atoms with Crippen LogP contribution in [-0.2, 0) is 27.2 Å². The molecule has 0 atom stereocenters. The summed E-state index contributed by atoms with van der Waals surface area (Å²) in [5.74, 6) is 0.499. The Kier molecular flexibility index (Phi) is 7.13. The first-order valence-corrected chi connectivity index (χ1v) is 11.3. The summed E-state index contributed by atoms with van der Waals surface area (Å²) in [4.78, 5) is 28.8. The molecule has 0 aliphatic carbocycles. The largest absolute Gasteiger partial charge is 0.477 e. The summed E-state index contributed by atoms with van der Waals surface area (Å²) in [7, 11) is 0. The second kappa shape index (κ2) is 10.0. The van der Waals surface area contributed by atoms with Gasteiger partial charge in [-0.3, -0.25) is 14.6 Å². The van der Waals surface area contributed by atoms with Crippen molar-refractivity contribution in [1.29, 1.82) is 0 Å². The van der Waals surface area contributed by atoms with Gasteiger partial charge in [0, 0.05) is 50.6 Å². The minimum Gasteiger partial charge on any atom is -0.477 e. The van der Waals surface area contributed by atoms with E-state index in [0.717, 1.165) is 67.2 Å². The number of nitrogens with zero attached hydrogens (tertiary/aromatic N) is 2. The van der Waals surface area contributed by atoms with Crippen LogP contribution in [0.4, 0.5) is 0 Å². The van der Waals surface area contributed by atoms with Gasteiger partial charge in [0.05, 0.1) is 24.9 Å². The van der Waals surface area contributed by atoms with E-state index in [1.807, 2.05) is 26.8 Å². The lowest BCUT2D eigenvalue weighted by Gasteiger charge is -2.33. The van der Waals surface area contributed by atoms with Crippen molar-refractivity contribution >= 4 is 16.9 Å². The fourth-order valence-electron chi connectivity index (χ4n) is 4.30. The molecule has 1 aromatic heterocycles. The molecule has 2 aliphatic rings. The highest BCUT2D eigenvalue weighted by molar-refractivity contribution is 5.86. The Hall–Kier alpha value is -2.42. The molecule has 0 radical (unpaired) electrons. The van der Waals surface area contributed by atoms with E-state index in [4.69, 9.17) is 18.6 Å². The minimum atomic E-state index is -0.365. The van der Waals surface area contributed by atoms with Crippen LogP contribution in [0.5, 0.6) is 5.75 Å². The van der Waals surface area contributed by atoms with Crippen molar-refractivity contribution in [1.82, 2.24) is 9.80 Å². The van der Waals surface area contributed by atoms with E-state index in [1.54, 1.807) is 0 Å². The molecule has 1 saturated heterocycles. The number of hydrogen-bond acceptors (Lipinski definition) is 8. The second-order valence-electron chi connectivity index (χ2n) is 8.79. The Labute approximate surface area is 188 Å². The SMILES string of the molecule is Cc1cc(=O)oc2c3c(c(CCC(=O)OC(C)C)cc12)OCN(CCN1CCOCC1)C3. The molecule has 32 heavy (non-hydrogen) atoms. The summed E-state index contributed by atoms with van der Waals surface area (Å²) in [5.41, 5.74) is 2.89. The van der Waals surface area contributed by atoms with Gasteiger partial charge >= 0.3 is 11.6 Å². The molecule has 0 spiro atoms. The van der Waals surface area contributed by atoms with E-state index in [9.17, 15) is 9.59 Å². The molecule has 0 N–H and O–H groups in total. The number of ether oxygens (including phenoxy) is 3. The summed E-state index contributed by atoms with van der Waals surface area (Å²) in [5, 5.41) is 0.884. The van der Waals surface area contributed by atoms with Crippen LogP contribution >= 0.6 is 0 Å². The Morgan fingerprint density at radius 2 is 1.91 bits per heavy atom. The van der Waals surface area contributed by atoms with Gasteiger partial charge in [-0.2, -0.15) is 0 Å². The molecule has 0 saturated carbocycles. The number of fused-ring (bicyclic) bond motifs is 3. The molecule has 0 amide bonds. The number of morpholine rings is 1. The Morgan fingerprint density at radius 1 is 1.16 bits per heavy atom. The number of carbonyl (C=O) groups is 1. The zero-order valence-electron chi connectivity index (χ0n) is 19.1. The van der Waals surface area contributed by atoms with Crippen LogP contribution in [0.3, 0.4) is 0 Å². The van der Waals surface area contributed by atoms with Gasteiger partial charge in [0.1, 0.15) is 18.1 Å². The monoisotopic (exact) mass is 444 g/mol. The topological polar surface area (TPSA) is 81.5 Å². The summed E-state index contributed by atoms with van der Waals surface area (Å²) in [6, 6.07) is 3.49. The fourth-order valence-corrected chi connectivity index (χ4v) is 4.30.